The fourth-order valence-electron chi connectivity index (χ4n) is 3.60. The van der Waals surface area contributed by atoms with E-state index in [1.807, 2.05) is 61.7 Å². The zero-order valence-electron chi connectivity index (χ0n) is 14.7. The highest BCUT2D eigenvalue weighted by molar-refractivity contribution is 5.99. The SMILES string of the molecule is Cc1cccc(NC(=O)C2CCC(=O)N2Cc2c[nH]c3ccccc23)c1. The molecule has 3 aromatic rings. The van der Waals surface area contributed by atoms with Crippen molar-refractivity contribution in [3.63, 3.8) is 0 Å². The van der Waals surface area contributed by atoms with Crippen LogP contribution < -0.4 is 5.32 Å². The lowest BCUT2D eigenvalue weighted by Crippen LogP contribution is -2.41. The smallest absolute Gasteiger partial charge is 0.247 e. The molecule has 2 amide bonds. The molecule has 4 rings (SSSR count). The minimum Gasteiger partial charge on any atom is -0.361 e. The molecule has 1 aliphatic heterocycles. The van der Waals surface area contributed by atoms with Gasteiger partial charge in [-0.15, -0.1) is 0 Å². The predicted octanol–water partition coefficient (Wildman–Crippen LogP) is 3.61. The van der Waals surface area contributed by atoms with E-state index in [0.29, 0.717) is 19.4 Å². The molecule has 5 nitrogen and oxygen atoms in total. The summed E-state index contributed by atoms with van der Waals surface area (Å²) in [6, 6.07) is 15.2. The van der Waals surface area contributed by atoms with E-state index in [-0.39, 0.29) is 11.8 Å². The molecule has 1 aliphatic rings. The first kappa shape index (κ1) is 16.4. The van der Waals surface area contributed by atoms with E-state index < -0.39 is 6.04 Å². The van der Waals surface area contributed by atoms with Crippen LogP contribution in [0, 0.1) is 6.92 Å². The second kappa shape index (κ2) is 6.67. The van der Waals surface area contributed by atoms with Gasteiger partial charge < -0.3 is 15.2 Å². The van der Waals surface area contributed by atoms with Crippen LogP contribution in [0.1, 0.15) is 24.0 Å². The minimum atomic E-state index is -0.434. The van der Waals surface area contributed by atoms with Crippen LogP contribution in [0.4, 0.5) is 5.69 Å². The number of hydrogen-bond donors (Lipinski definition) is 2. The highest BCUT2D eigenvalue weighted by Gasteiger charge is 2.36. The van der Waals surface area contributed by atoms with Crippen LogP contribution in [-0.2, 0) is 16.1 Å². The molecule has 0 bridgehead atoms. The van der Waals surface area contributed by atoms with Crippen molar-refractivity contribution in [1.82, 2.24) is 9.88 Å². The maximum Gasteiger partial charge on any atom is 0.247 e. The molecule has 1 unspecified atom stereocenters. The number of rotatable bonds is 4. The van der Waals surface area contributed by atoms with E-state index in [1.165, 1.54) is 0 Å². The van der Waals surface area contributed by atoms with Gasteiger partial charge in [0, 0.05) is 35.8 Å². The summed E-state index contributed by atoms with van der Waals surface area (Å²) in [5.41, 5.74) is 3.92. The fraction of sp³-hybridized carbons (Fsp3) is 0.238. The highest BCUT2D eigenvalue weighted by atomic mass is 16.2. The number of likely N-dealkylation sites (tertiary alicyclic amines) is 1. The summed E-state index contributed by atoms with van der Waals surface area (Å²) >= 11 is 0. The normalized spacial score (nSPS) is 17.0. The Bertz CT molecular complexity index is 976. The van der Waals surface area contributed by atoms with Gasteiger partial charge in [-0.1, -0.05) is 30.3 Å². The van der Waals surface area contributed by atoms with Crippen molar-refractivity contribution >= 4 is 28.4 Å². The molecule has 2 N–H and O–H groups in total. The first-order chi connectivity index (χ1) is 12.6. The Morgan fingerprint density at radius 3 is 2.92 bits per heavy atom. The van der Waals surface area contributed by atoms with E-state index in [1.54, 1.807) is 4.90 Å². The lowest BCUT2D eigenvalue weighted by atomic mass is 10.1. The van der Waals surface area contributed by atoms with E-state index in [0.717, 1.165) is 27.7 Å². The number of aryl methyl sites for hydroxylation is 1. The zero-order chi connectivity index (χ0) is 18.1. The van der Waals surface area contributed by atoms with Crippen LogP contribution in [0.3, 0.4) is 0 Å². The van der Waals surface area contributed by atoms with Gasteiger partial charge in [-0.2, -0.15) is 0 Å². The quantitative estimate of drug-likeness (QED) is 0.757. The number of nitrogens with zero attached hydrogens (tertiary/aromatic N) is 1. The van der Waals surface area contributed by atoms with Crippen molar-refractivity contribution in [2.75, 3.05) is 5.32 Å². The van der Waals surface area contributed by atoms with Gasteiger partial charge in [-0.3, -0.25) is 9.59 Å². The number of amides is 2. The van der Waals surface area contributed by atoms with Crippen molar-refractivity contribution in [3.8, 4) is 0 Å². The van der Waals surface area contributed by atoms with Crippen LogP contribution in [0.25, 0.3) is 10.9 Å². The van der Waals surface area contributed by atoms with Crippen molar-refractivity contribution in [1.29, 1.82) is 0 Å². The average molecular weight is 347 g/mol. The molecular formula is C21H21N3O2. The third kappa shape index (κ3) is 3.08. The molecule has 26 heavy (non-hydrogen) atoms. The van der Waals surface area contributed by atoms with Crippen LogP contribution in [0.15, 0.2) is 54.7 Å². The lowest BCUT2D eigenvalue weighted by Gasteiger charge is -2.24. The third-order valence-electron chi connectivity index (χ3n) is 4.93. The second-order valence-corrected chi connectivity index (χ2v) is 6.79. The first-order valence-electron chi connectivity index (χ1n) is 8.84. The largest absolute Gasteiger partial charge is 0.361 e. The van der Waals surface area contributed by atoms with Gasteiger partial charge in [-0.05, 0) is 42.7 Å². The second-order valence-electron chi connectivity index (χ2n) is 6.79. The molecule has 132 valence electrons. The summed E-state index contributed by atoms with van der Waals surface area (Å²) in [5.74, 6) is -0.0963. The molecule has 1 saturated heterocycles. The van der Waals surface area contributed by atoms with E-state index >= 15 is 0 Å². The molecule has 2 heterocycles. The summed E-state index contributed by atoms with van der Waals surface area (Å²) in [5, 5.41) is 4.04. The first-order valence-corrected chi connectivity index (χ1v) is 8.84. The van der Waals surface area contributed by atoms with Crippen LogP contribution in [-0.4, -0.2) is 27.7 Å². The zero-order valence-corrected chi connectivity index (χ0v) is 14.7. The fourth-order valence-corrected chi connectivity index (χ4v) is 3.60. The number of carbonyl (C=O) groups is 2. The van der Waals surface area contributed by atoms with E-state index in [9.17, 15) is 9.59 Å². The van der Waals surface area contributed by atoms with Crippen molar-refractivity contribution in [2.24, 2.45) is 0 Å². The number of hydrogen-bond acceptors (Lipinski definition) is 2. The Labute approximate surface area is 152 Å². The Hall–Kier alpha value is -3.08. The summed E-state index contributed by atoms with van der Waals surface area (Å²) in [4.78, 5) is 30.1. The maximum absolute atomic E-state index is 12.8. The van der Waals surface area contributed by atoms with E-state index in [2.05, 4.69) is 10.3 Å². The minimum absolute atomic E-state index is 0.0275. The summed E-state index contributed by atoms with van der Waals surface area (Å²) in [6.07, 6.45) is 2.89. The average Bonchev–Trinajstić information content (AvgIpc) is 3.20. The molecule has 0 radical (unpaired) electrons. The number of H-pyrrole nitrogens is 1. The number of anilines is 1. The number of nitrogens with one attached hydrogen (secondary N) is 2. The Morgan fingerprint density at radius 2 is 2.08 bits per heavy atom. The van der Waals surface area contributed by atoms with Gasteiger partial charge >= 0.3 is 0 Å². The maximum atomic E-state index is 12.8. The molecule has 1 aromatic heterocycles. The molecule has 0 saturated carbocycles. The molecule has 1 fully saturated rings. The number of aromatic nitrogens is 1. The van der Waals surface area contributed by atoms with Crippen LogP contribution in [0.5, 0.6) is 0 Å². The number of fused-ring (bicyclic) bond motifs is 1. The molecule has 5 heteroatoms. The molecule has 1 atom stereocenters. The van der Waals surface area contributed by atoms with Gasteiger partial charge in [0.05, 0.1) is 0 Å². The standard InChI is InChI=1S/C21H21N3O2/c1-14-5-4-6-16(11-14)23-21(26)19-9-10-20(25)24(19)13-15-12-22-18-8-3-2-7-17(15)18/h2-8,11-12,19,22H,9-10,13H2,1H3,(H,23,26). The number of para-hydroxylation sites is 1. The van der Waals surface area contributed by atoms with E-state index in [4.69, 9.17) is 0 Å². The number of benzene rings is 2. The Kier molecular flexibility index (Phi) is 4.21. The van der Waals surface area contributed by atoms with Gasteiger partial charge in [0.1, 0.15) is 6.04 Å². The predicted molar refractivity (Wildman–Crippen MR) is 102 cm³/mol. The monoisotopic (exact) mass is 347 g/mol. The van der Waals surface area contributed by atoms with Gasteiger partial charge in [0.25, 0.3) is 0 Å². The van der Waals surface area contributed by atoms with Crippen LogP contribution >= 0.6 is 0 Å². The van der Waals surface area contributed by atoms with Gasteiger partial charge in [0.15, 0.2) is 0 Å². The van der Waals surface area contributed by atoms with Crippen molar-refractivity contribution in [3.05, 3.63) is 65.9 Å². The highest BCUT2D eigenvalue weighted by Crippen LogP contribution is 2.26. The number of aromatic amines is 1. The van der Waals surface area contributed by atoms with Crippen LogP contribution in [0.2, 0.25) is 0 Å². The Morgan fingerprint density at radius 1 is 1.23 bits per heavy atom. The molecule has 2 aromatic carbocycles. The third-order valence-corrected chi connectivity index (χ3v) is 4.93. The summed E-state index contributed by atoms with van der Waals surface area (Å²) < 4.78 is 0. The van der Waals surface area contributed by atoms with Crippen molar-refractivity contribution < 1.29 is 9.59 Å². The lowest BCUT2D eigenvalue weighted by molar-refractivity contribution is -0.133. The topological polar surface area (TPSA) is 65.2 Å². The van der Waals surface area contributed by atoms with Gasteiger partial charge in [-0.25, -0.2) is 0 Å². The molecular weight excluding hydrogens is 326 g/mol. The Balaban J connectivity index is 1.54. The van der Waals surface area contributed by atoms with Crippen molar-refractivity contribution in [2.45, 2.75) is 32.4 Å². The summed E-state index contributed by atoms with van der Waals surface area (Å²) in [6.45, 7) is 2.42. The molecule has 0 spiro atoms. The summed E-state index contributed by atoms with van der Waals surface area (Å²) in [7, 11) is 0. The van der Waals surface area contributed by atoms with Gasteiger partial charge in [0.2, 0.25) is 11.8 Å². The molecule has 0 aliphatic carbocycles. The number of carbonyl (C=O) groups excluding carboxylic acids is 2.